The molecule has 0 aliphatic heterocycles. The lowest BCUT2D eigenvalue weighted by atomic mass is 10.1. The van der Waals surface area contributed by atoms with Gasteiger partial charge in [0.1, 0.15) is 0 Å². The Balaban J connectivity index is 2.68. The van der Waals surface area contributed by atoms with Crippen molar-refractivity contribution in [3.05, 3.63) is 29.8 Å². The molecule has 0 radical (unpaired) electrons. The highest BCUT2D eigenvalue weighted by atomic mass is 32.2. The maximum atomic E-state index is 11.9. The third-order valence-corrected chi connectivity index (χ3v) is 4.57. The molecule has 1 aromatic carbocycles. The highest BCUT2D eigenvalue weighted by Crippen LogP contribution is 2.11. The SMILES string of the molecule is CCNS(=O)(=O)c1ccc(CC(=O)N(C)CCC(=O)O)cc1. The van der Waals surface area contributed by atoms with E-state index in [4.69, 9.17) is 5.11 Å². The molecule has 122 valence electrons. The van der Waals surface area contributed by atoms with Crippen molar-refractivity contribution in [2.45, 2.75) is 24.7 Å². The van der Waals surface area contributed by atoms with Crippen molar-refractivity contribution in [3.63, 3.8) is 0 Å². The molecule has 0 heterocycles. The summed E-state index contributed by atoms with van der Waals surface area (Å²) >= 11 is 0. The fourth-order valence-electron chi connectivity index (χ4n) is 1.76. The molecule has 1 amide bonds. The topological polar surface area (TPSA) is 104 Å². The van der Waals surface area contributed by atoms with E-state index in [1.165, 1.54) is 24.1 Å². The first-order valence-electron chi connectivity index (χ1n) is 6.80. The number of aliphatic carboxylic acids is 1. The molecular weight excluding hydrogens is 308 g/mol. The van der Waals surface area contributed by atoms with Crippen LogP contribution < -0.4 is 4.72 Å². The summed E-state index contributed by atoms with van der Waals surface area (Å²) < 4.78 is 25.9. The van der Waals surface area contributed by atoms with Crippen LogP contribution in [0.5, 0.6) is 0 Å². The first-order valence-corrected chi connectivity index (χ1v) is 8.29. The van der Waals surface area contributed by atoms with E-state index in [-0.39, 0.29) is 30.2 Å². The average molecular weight is 328 g/mol. The Labute approximate surface area is 130 Å². The number of carbonyl (C=O) groups is 2. The first-order chi connectivity index (χ1) is 10.3. The van der Waals surface area contributed by atoms with Gasteiger partial charge in [-0.1, -0.05) is 19.1 Å². The number of rotatable bonds is 8. The van der Waals surface area contributed by atoms with Crippen molar-refractivity contribution in [1.82, 2.24) is 9.62 Å². The van der Waals surface area contributed by atoms with Crippen molar-refractivity contribution < 1.29 is 23.1 Å². The first kappa shape index (κ1) is 18.1. The molecule has 0 aromatic heterocycles. The fourth-order valence-corrected chi connectivity index (χ4v) is 2.80. The quantitative estimate of drug-likeness (QED) is 0.721. The molecule has 0 unspecified atom stereocenters. The molecule has 0 aliphatic rings. The summed E-state index contributed by atoms with van der Waals surface area (Å²) in [6, 6.07) is 6.04. The third-order valence-electron chi connectivity index (χ3n) is 3.01. The van der Waals surface area contributed by atoms with Crippen molar-refractivity contribution in [3.8, 4) is 0 Å². The Kier molecular flexibility index (Phi) is 6.51. The van der Waals surface area contributed by atoms with Crippen LogP contribution in [0.2, 0.25) is 0 Å². The van der Waals surface area contributed by atoms with E-state index in [0.717, 1.165) is 0 Å². The van der Waals surface area contributed by atoms with E-state index in [0.29, 0.717) is 12.1 Å². The molecule has 0 atom stereocenters. The highest BCUT2D eigenvalue weighted by Gasteiger charge is 2.14. The Morgan fingerprint density at radius 2 is 1.82 bits per heavy atom. The summed E-state index contributed by atoms with van der Waals surface area (Å²) in [5.74, 6) is -1.18. The zero-order valence-electron chi connectivity index (χ0n) is 12.6. The minimum Gasteiger partial charge on any atom is -0.481 e. The molecule has 0 fully saturated rings. The second-order valence-corrected chi connectivity index (χ2v) is 6.55. The maximum absolute atomic E-state index is 11.9. The fraction of sp³-hybridized carbons (Fsp3) is 0.429. The predicted molar refractivity (Wildman–Crippen MR) is 80.9 cm³/mol. The largest absolute Gasteiger partial charge is 0.481 e. The minimum absolute atomic E-state index is 0.0949. The second kappa shape index (κ2) is 7.90. The number of sulfonamides is 1. The number of nitrogens with one attached hydrogen (secondary N) is 1. The predicted octanol–water partition coefficient (Wildman–Crippen LogP) is 0.460. The van der Waals surface area contributed by atoms with E-state index in [2.05, 4.69) is 4.72 Å². The standard InChI is InChI=1S/C14H20N2O5S/c1-3-15-22(20,21)12-6-4-11(5-7-12)10-13(17)16(2)9-8-14(18)19/h4-7,15H,3,8-10H2,1-2H3,(H,18,19). The van der Waals surface area contributed by atoms with Crippen molar-refractivity contribution in [1.29, 1.82) is 0 Å². The van der Waals surface area contributed by atoms with E-state index < -0.39 is 16.0 Å². The molecule has 1 rings (SSSR count). The van der Waals surface area contributed by atoms with Crippen LogP contribution in [-0.4, -0.2) is 50.4 Å². The van der Waals surface area contributed by atoms with Crippen LogP contribution in [0, 0.1) is 0 Å². The van der Waals surface area contributed by atoms with Gasteiger partial charge in [-0.3, -0.25) is 9.59 Å². The van der Waals surface area contributed by atoms with E-state index in [1.807, 2.05) is 0 Å². The van der Waals surface area contributed by atoms with E-state index in [1.54, 1.807) is 19.1 Å². The van der Waals surface area contributed by atoms with Crippen LogP contribution in [-0.2, 0) is 26.0 Å². The van der Waals surface area contributed by atoms with Gasteiger partial charge in [0.15, 0.2) is 0 Å². The third kappa shape index (κ3) is 5.45. The number of carboxylic acids is 1. The Bertz CT molecular complexity index is 625. The van der Waals surface area contributed by atoms with Crippen LogP contribution in [0.1, 0.15) is 18.9 Å². The molecule has 1 aromatic rings. The molecule has 0 saturated heterocycles. The van der Waals surface area contributed by atoms with E-state index >= 15 is 0 Å². The number of amides is 1. The molecule has 0 bridgehead atoms. The number of hydrogen-bond donors (Lipinski definition) is 2. The molecule has 0 spiro atoms. The number of nitrogens with zero attached hydrogens (tertiary/aromatic N) is 1. The van der Waals surface area contributed by atoms with Gasteiger partial charge in [-0.25, -0.2) is 13.1 Å². The lowest BCUT2D eigenvalue weighted by Gasteiger charge is -2.16. The smallest absolute Gasteiger partial charge is 0.305 e. The summed E-state index contributed by atoms with van der Waals surface area (Å²) in [6.07, 6.45) is -0.0141. The molecule has 8 heteroatoms. The summed E-state index contributed by atoms with van der Waals surface area (Å²) in [4.78, 5) is 23.9. The van der Waals surface area contributed by atoms with Crippen molar-refractivity contribution >= 4 is 21.9 Å². The van der Waals surface area contributed by atoms with Gasteiger partial charge in [0.05, 0.1) is 17.7 Å². The van der Waals surface area contributed by atoms with Crippen LogP contribution in [0.15, 0.2) is 29.2 Å². The Hall–Kier alpha value is -1.93. The number of likely N-dealkylation sites (N-methyl/N-ethyl adjacent to an activating group) is 1. The lowest BCUT2D eigenvalue weighted by molar-refractivity contribution is -0.138. The number of hydrogen-bond acceptors (Lipinski definition) is 4. The molecule has 7 nitrogen and oxygen atoms in total. The number of carboxylic acid groups (broad SMARTS) is 1. The van der Waals surface area contributed by atoms with Gasteiger partial charge in [-0.05, 0) is 17.7 Å². The van der Waals surface area contributed by atoms with Crippen LogP contribution in [0.3, 0.4) is 0 Å². The lowest BCUT2D eigenvalue weighted by Crippen LogP contribution is -2.30. The molecule has 0 saturated carbocycles. The molecule has 22 heavy (non-hydrogen) atoms. The monoisotopic (exact) mass is 328 g/mol. The van der Waals surface area contributed by atoms with Gasteiger partial charge in [-0.15, -0.1) is 0 Å². The number of carbonyl (C=O) groups excluding carboxylic acids is 1. The summed E-state index contributed by atoms with van der Waals surface area (Å²) in [6.45, 7) is 2.13. The van der Waals surface area contributed by atoms with E-state index in [9.17, 15) is 18.0 Å². The Morgan fingerprint density at radius 1 is 1.23 bits per heavy atom. The minimum atomic E-state index is -3.50. The van der Waals surface area contributed by atoms with Gasteiger partial charge in [-0.2, -0.15) is 0 Å². The summed E-state index contributed by atoms with van der Waals surface area (Å²) in [7, 11) is -1.96. The van der Waals surface area contributed by atoms with Crippen LogP contribution in [0.4, 0.5) is 0 Å². The van der Waals surface area contributed by atoms with Gasteiger partial charge < -0.3 is 10.0 Å². The zero-order chi connectivity index (χ0) is 16.8. The Morgan fingerprint density at radius 3 is 2.32 bits per heavy atom. The van der Waals surface area contributed by atoms with Gasteiger partial charge in [0.2, 0.25) is 15.9 Å². The molecular formula is C14H20N2O5S. The molecule has 2 N–H and O–H groups in total. The zero-order valence-corrected chi connectivity index (χ0v) is 13.4. The van der Waals surface area contributed by atoms with Gasteiger partial charge >= 0.3 is 5.97 Å². The average Bonchev–Trinajstić information content (AvgIpc) is 2.45. The maximum Gasteiger partial charge on any atom is 0.305 e. The molecule has 0 aliphatic carbocycles. The highest BCUT2D eigenvalue weighted by molar-refractivity contribution is 7.89. The second-order valence-electron chi connectivity index (χ2n) is 4.78. The van der Waals surface area contributed by atoms with Crippen LogP contribution >= 0.6 is 0 Å². The van der Waals surface area contributed by atoms with Gasteiger partial charge in [0.25, 0.3) is 0 Å². The van der Waals surface area contributed by atoms with Crippen LogP contribution in [0.25, 0.3) is 0 Å². The van der Waals surface area contributed by atoms with Crippen molar-refractivity contribution in [2.24, 2.45) is 0 Å². The van der Waals surface area contributed by atoms with Gasteiger partial charge in [0, 0.05) is 20.1 Å². The number of benzene rings is 1. The van der Waals surface area contributed by atoms with Crippen molar-refractivity contribution in [2.75, 3.05) is 20.1 Å². The summed E-state index contributed by atoms with van der Waals surface area (Å²) in [5, 5.41) is 8.58. The summed E-state index contributed by atoms with van der Waals surface area (Å²) in [5.41, 5.74) is 0.669. The normalized spacial score (nSPS) is 11.2.